The van der Waals surface area contributed by atoms with Gasteiger partial charge in [0.15, 0.2) is 5.96 Å². The summed E-state index contributed by atoms with van der Waals surface area (Å²) < 4.78 is 11.0. The number of rotatable bonds is 7. The average molecular weight is 486 g/mol. The summed E-state index contributed by atoms with van der Waals surface area (Å²) in [6.07, 6.45) is 3.78. The maximum Gasteiger partial charge on any atom is 0.213 e. The summed E-state index contributed by atoms with van der Waals surface area (Å²) in [4.78, 5) is 8.55. The van der Waals surface area contributed by atoms with Crippen LogP contribution in [0.4, 0.5) is 0 Å². The van der Waals surface area contributed by atoms with Crippen LogP contribution in [0.1, 0.15) is 44.4 Å². The molecule has 7 heteroatoms. The van der Waals surface area contributed by atoms with Crippen LogP contribution >= 0.6 is 24.0 Å². The zero-order chi connectivity index (χ0) is 19.0. The molecule has 0 aliphatic carbocycles. The molecule has 0 bridgehead atoms. The van der Waals surface area contributed by atoms with Crippen LogP contribution in [-0.4, -0.2) is 31.6 Å². The van der Waals surface area contributed by atoms with E-state index in [1.807, 2.05) is 12.1 Å². The van der Waals surface area contributed by atoms with E-state index in [-0.39, 0.29) is 29.4 Å². The second kappa shape index (κ2) is 11.2. The van der Waals surface area contributed by atoms with Crippen molar-refractivity contribution < 1.29 is 9.15 Å². The first kappa shape index (κ1) is 23.3. The number of hydrogen-bond acceptors (Lipinski definition) is 4. The number of nitrogens with one attached hydrogen (secondary N) is 2. The highest BCUT2D eigenvalue weighted by Crippen LogP contribution is 2.22. The first-order valence-corrected chi connectivity index (χ1v) is 8.95. The van der Waals surface area contributed by atoms with Gasteiger partial charge >= 0.3 is 0 Å². The van der Waals surface area contributed by atoms with Crippen LogP contribution in [-0.2, 0) is 18.4 Å². The molecule has 2 aromatic rings. The number of aromatic nitrogens is 1. The van der Waals surface area contributed by atoms with E-state index in [1.54, 1.807) is 20.4 Å². The maximum atomic E-state index is 5.78. The summed E-state index contributed by atoms with van der Waals surface area (Å²) in [6, 6.07) is 8.17. The fraction of sp³-hybridized carbons (Fsp3) is 0.500. The fourth-order valence-electron chi connectivity index (χ4n) is 2.45. The number of aryl methyl sites for hydroxylation is 1. The maximum absolute atomic E-state index is 5.78. The number of benzene rings is 1. The molecule has 1 heterocycles. The Balaban J connectivity index is 0.00000364. The van der Waals surface area contributed by atoms with Crippen LogP contribution in [0.3, 0.4) is 0 Å². The van der Waals surface area contributed by atoms with Crippen LogP contribution in [0.5, 0.6) is 5.75 Å². The van der Waals surface area contributed by atoms with E-state index in [0.717, 1.165) is 36.9 Å². The molecular formula is C20H31IN4O2. The Bertz CT molecular complexity index is 723. The average Bonchev–Trinajstić information content (AvgIpc) is 3.11. The second-order valence-corrected chi connectivity index (χ2v) is 7.18. The Morgan fingerprint density at radius 3 is 2.67 bits per heavy atom. The molecular weight excluding hydrogens is 455 g/mol. The van der Waals surface area contributed by atoms with Crippen molar-refractivity contribution >= 4 is 29.9 Å². The minimum absolute atomic E-state index is 0. The Morgan fingerprint density at radius 2 is 2.04 bits per heavy atom. The summed E-state index contributed by atoms with van der Waals surface area (Å²) in [6.45, 7) is 7.65. The van der Waals surface area contributed by atoms with Gasteiger partial charge in [0.25, 0.3) is 0 Å². The molecule has 2 N–H and O–H groups in total. The van der Waals surface area contributed by atoms with Gasteiger partial charge in [-0.3, -0.25) is 4.99 Å². The van der Waals surface area contributed by atoms with Crippen molar-refractivity contribution in [2.75, 3.05) is 20.7 Å². The van der Waals surface area contributed by atoms with Crippen molar-refractivity contribution in [3.8, 4) is 5.75 Å². The summed E-state index contributed by atoms with van der Waals surface area (Å²) in [5.41, 5.74) is 1.23. The standard InChI is InChI=1S/C20H30N4O2.HI/c1-20(2,3)17-13-23-18(26-17)14-24-19(21-4)22-11-7-9-15-8-6-10-16(12-15)25-5;/h6,8,10,12-13H,7,9,11,14H2,1-5H3,(H2,21,22,24);1H. The van der Waals surface area contributed by atoms with Crippen LogP contribution in [0, 0.1) is 0 Å². The molecule has 0 saturated heterocycles. The molecule has 0 aliphatic rings. The molecule has 1 aromatic heterocycles. The lowest BCUT2D eigenvalue weighted by atomic mass is 9.94. The van der Waals surface area contributed by atoms with Crippen molar-refractivity contribution in [1.29, 1.82) is 0 Å². The smallest absolute Gasteiger partial charge is 0.213 e. The van der Waals surface area contributed by atoms with E-state index < -0.39 is 0 Å². The van der Waals surface area contributed by atoms with Gasteiger partial charge in [0, 0.05) is 19.0 Å². The third kappa shape index (κ3) is 7.78. The molecule has 0 aliphatic heterocycles. The molecule has 6 nitrogen and oxygen atoms in total. The minimum Gasteiger partial charge on any atom is -0.497 e. The fourth-order valence-corrected chi connectivity index (χ4v) is 2.45. The second-order valence-electron chi connectivity index (χ2n) is 7.18. The number of guanidine groups is 1. The molecule has 0 atom stereocenters. The van der Waals surface area contributed by atoms with Gasteiger partial charge in [-0.05, 0) is 30.5 Å². The highest BCUT2D eigenvalue weighted by Gasteiger charge is 2.19. The number of methoxy groups -OCH3 is 1. The third-order valence-electron chi connectivity index (χ3n) is 3.99. The van der Waals surface area contributed by atoms with Gasteiger partial charge in [0.05, 0.1) is 19.9 Å². The molecule has 1 aromatic carbocycles. The summed E-state index contributed by atoms with van der Waals surface area (Å²) in [5, 5.41) is 6.54. The van der Waals surface area contributed by atoms with Crippen LogP contribution < -0.4 is 15.4 Å². The Labute approximate surface area is 179 Å². The molecule has 0 saturated carbocycles. The first-order valence-electron chi connectivity index (χ1n) is 8.95. The topological polar surface area (TPSA) is 71.7 Å². The normalized spacial score (nSPS) is 11.7. The van der Waals surface area contributed by atoms with Crippen molar-refractivity contribution in [2.24, 2.45) is 4.99 Å². The molecule has 150 valence electrons. The molecule has 0 amide bonds. The summed E-state index contributed by atoms with van der Waals surface area (Å²) in [7, 11) is 3.45. The van der Waals surface area contributed by atoms with Gasteiger partial charge in [-0.2, -0.15) is 0 Å². The number of nitrogens with zero attached hydrogens (tertiary/aromatic N) is 2. The van der Waals surface area contributed by atoms with E-state index >= 15 is 0 Å². The Morgan fingerprint density at radius 1 is 1.26 bits per heavy atom. The lowest BCUT2D eigenvalue weighted by Crippen LogP contribution is -2.37. The van der Waals surface area contributed by atoms with Crippen LogP contribution in [0.15, 0.2) is 39.9 Å². The van der Waals surface area contributed by atoms with Crippen molar-refractivity contribution in [1.82, 2.24) is 15.6 Å². The zero-order valence-corrected chi connectivity index (χ0v) is 19.2. The van der Waals surface area contributed by atoms with E-state index in [2.05, 4.69) is 53.5 Å². The first-order chi connectivity index (χ1) is 12.4. The lowest BCUT2D eigenvalue weighted by molar-refractivity contribution is 0.379. The number of hydrogen-bond donors (Lipinski definition) is 2. The van der Waals surface area contributed by atoms with Gasteiger partial charge in [0.2, 0.25) is 5.89 Å². The zero-order valence-electron chi connectivity index (χ0n) is 16.8. The van der Waals surface area contributed by atoms with Crippen LogP contribution in [0.25, 0.3) is 0 Å². The number of halogens is 1. The van der Waals surface area contributed by atoms with Crippen molar-refractivity contribution in [2.45, 2.75) is 45.6 Å². The summed E-state index contributed by atoms with van der Waals surface area (Å²) in [5.74, 6) is 3.18. The minimum atomic E-state index is -0.0364. The lowest BCUT2D eigenvalue weighted by Gasteiger charge is -2.13. The number of oxazole rings is 1. The predicted molar refractivity (Wildman–Crippen MR) is 120 cm³/mol. The van der Waals surface area contributed by atoms with E-state index in [1.165, 1.54) is 5.56 Å². The van der Waals surface area contributed by atoms with E-state index in [4.69, 9.17) is 9.15 Å². The molecule has 2 rings (SSSR count). The van der Waals surface area contributed by atoms with Gasteiger partial charge < -0.3 is 19.8 Å². The molecule has 0 spiro atoms. The molecule has 0 fully saturated rings. The monoisotopic (exact) mass is 486 g/mol. The molecule has 0 radical (unpaired) electrons. The Kier molecular flexibility index (Phi) is 9.62. The van der Waals surface area contributed by atoms with Gasteiger partial charge in [-0.1, -0.05) is 32.9 Å². The largest absolute Gasteiger partial charge is 0.497 e. The molecule has 27 heavy (non-hydrogen) atoms. The molecule has 0 unspecified atom stereocenters. The van der Waals surface area contributed by atoms with Gasteiger partial charge in [0.1, 0.15) is 11.5 Å². The van der Waals surface area contributed by atoms with Gasteiger partial charge in [-0.25, -0.2) is 4.98 Å². The SMILES string of the molecule is CN=C(NCCCc1cccc(OC)c1)NCc1ncc(C(C)(C)C)o1.I. The Hall–Kier alpha value is -1.77. The predicted octanol–water partition coefficient (Wildman–Crippen LogP) is 3.90. The number of ether oxygens (including phenoxy) is 1. The number of aliphatic imine (C=N–C) groups is 1. The van der Waals surface area contributed by atoms with Crippen molar-refractivity contribution in [3.05, 3.63) is 47.7 Å². The van der Waals surface area contributed by atoms with Crippen molar-refractivity contribution in [3.63, 3.8) is 0 Å². The highest BCUT2D eigenvalue weighted by molar-refractivity contribution is 14.0. The third-order valence-corrected chi connectivity index (χ3v) is 3.99. The van der Waals surface area contributed by atoms with Gasteiger partial charge in [-0.15, -0.1) is 24.0 Å². The van der Waals surface area contributed by atoms with E-state index in [9.17, 15) is 0 Å². The van der Waals surface area contributed by atoms with Crippen LogP contribution in [0.2, 0.25) is 0 Å². The van der Waals surface area contributed by atoms with E-state index in [0.29, 0.717) is 12.4 Å². The highest BCUT2D eigenvalue weighted by atomic mass is 127. The summed E-state index contributed by atoms with van der Waals surface area (Å²) >= 11 is 0. The quantitative estimate of drug-likeness (QED) is 0.269.